The van der Waals surface area contributed by atoms with Crippen LogP contribution in [0.15, 0.2) is 11.0 Å². The van der Waals surface area contributed by atoms with Crippen LogP contribution in [-0.2, 0) is 19.6 Å². The van der Waals surface area contributed by atoms with Gasteiger partial charge in [0.05, 0.1) is 17.9 Å². The Labute approximate surface area is 154 Å². The standard InChI is InChI=1S/C15H21F3N2O4S2/c1-11-9-13(12(2)25-11)26(22,23)20-6-4-19(5-7-20)14(21)3-8-24-10-15(16,17)18/h9H,3-8,10H2,1-2H3. The van der Waals surface area contributed by atoms with Crippen molar-refractivity contribution in [2.75, 3.05) is 39.4 Å². The number of aryl methyl sites for hydroxylation is 2. The molecule has 0 spiro atoms. The first-order chi connectivity index (χ1) is 12.0. The topological polar surface area (TPSA) is 66.9 Å². The van der Waals surface area contributed by atoms with Gasteiger partial charge in [0.15, 0.2) is 0 Å². The molecule has 0 radical (unpaired) electrons. The lowest BCUT2D eigenvalue weighted by Gasteiger charge is -2.34. The van der Waals surface area contributed by atoms with Gasteiger partial charge in [0.1, 0.15) is 6.61 Å². The number of alkyl halides is 3. The summed E-state index contributed by atoms with van der Waals surface area (Å²) >= 11 is 1.41. The van der Waals surface area contributed by atoms with Gasteiger partial charge < -0.3 is 9.64 Å². The summed E-state index contributed by atoms with van der Waals surface area (Å²) in [6.45, 7) is 2.63. The molecule has 0 saturated carbocycles. The first-order valence-electron chi connectivity index (χ1n) is 8.00. The maximum atomic E-state index is 12.7. The molecule has 0 N–H and O–H groups in total. The van der Waals surface area contributed by atoms with E-state index >= 15 is 0 Å². The molecule has 1 fully saturated rings. The molecule has 0 bridgehead atoms. The van der Waals surface area contributed by atoms with Gasteiger partial charge in [0.2, 0.25) is 15.9 Å². The minimum atomic E-state index is -4.42. The maximum Gasteiger partial charge on any atom is 0.411 e. The molecule has 2 heterocycles. The number of carbonyl (C=O) groups excluding carboxylic acids is 1. The van der Waals surface area contributed by atoms with Crippen LogP contribution in [0.2, 0.25) is 0 Å². The van der Waals surface area contributed by atoms with Gasteiger partial charge >= 0.3 is 6.18 Å². The van der Waals surface area contributed by atoms with E-state index in [1.54, 1.807) is 13.0 Å². The minimum absolute atomic E-state index is 0.159. The zero-order valence-corrected chi connectivity index (χ0v) is 16.1. The molecular formula is C15H21F3N2O4S2. The highest BCUT2D eigenvalue weighted by atomic mass is 32.2. The van der Waals surface area contributed by atoms with Crippen LogP contribution < -0.4 is 0 Å². The molecule has 1 saturated heterocycles. The zero-order chi connectivity index (χ0) is 19.5. The van der Waals surface area contributed by atoms with Gasteiger partial charge in [-0.05, 0) is 19.9 Å². The fourth-order valence-electron chi connectivity index (χ4n) is 2.69. The third-order valence-electron chi connectivity index (χ3n) is 3.93. The van der Waals surface area contributed by atoms with Gasteiger partial charge in [0.25, 0.3) is 0 Å². The van der Waals surface area contributed by atoms with Crippen molar-refractivity contribution in [3.8, 4) is 0 Å². The van der Waals surface area contributed by atoms with Crippen molar-refractivity contribution in [3.63, 3.8) is 0 Å². The highest BCUT2D eigenvalue weighted by Gasteiger charge is 2.32. The molecule has 148 valence electrons. The molecule has 0 aliphatic carbocycles. The summed E-state index contributed by atoms with van der Waals surface area (Å²) in [4.78, 5) is 15.4. The Morgan fingerprint density at radius 2 is 1.85 bits per heavy atom. The number of hydrogen-bond acceptors (Lipinski definition) is 5. The van der Waals surface area contributed by atoms with E-state index in [2.05, 4.69) is 4.74 Å². The Bertz CT molecular complexity index is 739. The van der Waals surface area contributed by atoms with Gasteiger partial charge in [-0.2, -0.15) is 17.5 Å². The Hall–Kier alpha value is -1.17. The second kappa shape index (κ2) is 8.24. The van der Waals surface area contributed by atoms with Crippen molar-refractivity contribution in [1.29, 1.82) is 0 Å². The van der Waals surface area contributed by atoms with E-state index in [-0.39, 0.29) is 45.1 Å². The van der Waals surface area contributed by atoms with Crippen LogP contribution in [0.25, 0.3) is 0 Å². The van der Waals surface area contributed by atoms with Crippen molar-refractivity contribution >= 4 is 27.3 Å². The number of carbonyl (C=O) groups is 1. The largest absolute Gasteiger partial charge is 0.411 e. The average molecular weight is 414 g/mol. The molecule has 6 nitrogen and oxygen atoms in total. The maximum absolute atomic E-state index is 12.7. The fraction of sp³-hybridized carbons (Fsp3) is 0.667. The number of amides is 1. The lowest BCUT2D eigenvalue weighted by Crippen LogP contribution is -2.50. The van der Waals surface area contributed by atoms with E-state index in [0.29, 0.717) is 4.90 Å². The zero-order valence-electron chi connectivity index (χ0n) is 14.5. The summed E-state index contributed by atoms with van der Waals surface area (Å²) in [5, 5.41) is 0. The van der Waals surface area contributed by atoms with Gasteiger partial charge in [-0.25, -0.2) is 8.42 Å². The van der Waals surface area contributed by atoms with Gasteiger partial charge in [-0.1, -0.05) is 0 Å². The van der Waals surface area contributed by atoms with Crippen molar-refractivity contribution in [1.82, 2.24) is 9.21 Å². The molecular weight excluding hydrogens is 393 g/mol. The summed E-state index contributed by atoms with van der Waals surface area (Å²) in [5.41, 5.74) is 0. The Morgan fingerprint density at radius 1 is 1.23 bits per heavy atom. The molecule has 0 aromatic carbocycles. The summed E-state index contributed by atoms with van der Waals surface area (Å²) in [7, 11) is -3.60. The third kappa shape index (κ3) is 5.41. The quantitative estimate of drug-likeness (QED) is 0.669. The minimum Gasteiger partial charge on any atom is -0.372 e. The van der Waals surface area contributed by atoms with Crippen LogP contribution in [0.1, 0.15) is 16.2 Å². The second-order valence-corrected chi connectivity index (χ2v) is 9.35. The summed E-state index contributed by atoms with van der Waals surface area (Å²) in [6, 6.07) is 1.64. The van der Waals surface area contributed by atoms with Crippen LogP contribution in [0.5, 0.6) is 0 Å². The van der Waals surface area contributed by atoms with Crippen molar-refractivity contribution < 1.29 is 31.1 Å². The predicted octanol–water partition coefficient (Wildman–Crippen LogP) is 2.17. The number of sulfonamides is 1. The number of halogens is 3. The van der Waals surface area contributed by atoms with E-state index < -0.39 is 22.8 Å². The molecule has 26 heavy (non-hydrogen) atoms. The van der Waals surface area contributed by atoms with E-state index in [4.69, 9.17) is 0 Å². The van der Waals surface area contributed by atoms with Crippen LogP contribution in [0.4, 0.5) is 13.2 Å². The van der Waals surface area contributed by atoms with Gasteiger partial charge in [-0.3, -0.25) is 4.79 Å². The molecule has 1 amide bonds. The monoisotopic (exact) mass is 414 g/mol. The Balaban J connectivity index is 1.85. The third-order valence-corrected chi connectivity index (χ3v) is 7.05. The van der Waals surface area contributed by atoms with Crippen LogP contribution in [0.3, 0.4) is 0 Å². The van der Waals surface area contributed by atoms with Crippen molar-refractivity contribution in [3.05, 3.63) is 15.8 Å². The van der Waals surface area contributed by atoms with Gasteiger partial charge in [-0.15, -0.1) is 11.3 Å². The first kappa shape index (κ1) is 21.1. The summed E-state index contributed by atoms with van der Waals surface area (Å²) in [5.74, 6) is -0.341. The van der Waals surface area contributed by atoms with Crippen LogP contribution >= 0.6 is 11.3 Å². The average Bonchev–Trinajstić information content (AvgIpc) is 2.90. The lowest BCUT2D eigenvalue weighted by atomic mass is 10.3. The summed E-state index contributed by atoms with van der Waals surface area (Å²) < 4.78 is 67.1. The number of thiophene rings is 1. The molecule has 1 aromatic heterocycles. The number of hydrogen-bond donors (Lipinski definition) is 0. The number of nitrogens with zero attached hydrogens (tertiary/aromatic N) is 2. The normalized spacial score (nSPS) is 16.9. The van der Waals surface area contributed by atoms with E-state index in [1.165, 1.54) is 20.5 Å². The first-order valence-corrected chi connectivity index (χ1v) is 10.3. The summed E-state index contributed by atoms with van der Waals surface area (Å²) in [6.07, 6.45) is -4.58. The number of rotatable bonds is 6. The highest BCUT2D eigenvalue weighted by molar-refractivity contribution is 7.89. The molecule has 11 heteroatoms. The fourth-order valence-corrected chi connectivity index (χ4v) is 5.63. The number of ether oxygens (including phenoxy) is 1. The highest BCUT2D eigenvalue weighted by Crippen LogP contribution is 2.28. The Kier molecular flexibility index (Phi) is 6.70. The SMILES string of the molecule is Cc1cc(S(=O)(=O)N2CCN(C(=O)CCOCC(F)(F)F)CC2)c(C)s1. The van der Waals surface area contributed by atoms with E-state index in [0.717, 1.165) is 9.75 Å². The molecule has 1 aliphatic heterocycles. The van der Waals surface area contributed by atoms with Crippen molar-refractivity contribution in [2.45, 2.75) is 31.3 Å². The Morgan fingerprint density at radius 3 is 2.35 bits per heavy atom. The van der Waals surface area contributed by atoms with Gasteiger partial charge in [0, 0.05) is 35.9 Å². The lowest BCUT2D eigenvalue weighted by molar-refractivity contribution is -0.175. The molecule has 1 aliphatic rings. The predicted molar refractivity (Wildman–Crippen MR) is 90.6 cm³/mol. The van der Waals surface area contributed by atoms with E-state index in [9.17, 15) is 26.4 Å². The molecule has 2 rings (SSSR count). The van der Waals surface area contributed by atoms with Crippen LogP contribution in [0, 0.1) is 13.8 Å². The second-order valence-electron chi connectivity index (χ2n) is 5.98. The van der Waals surface area contributed by atoms with Crippen LogP contribution in [-0.4, -0.2) is 69.1 Å². The number of piperazine rings is 1. The smallest absolute Gasteiger partial charge is 0.372 e. The molecule has 0 unspecified atom stereocenters. The molecule has 1 aromatic rings. The van der Waals surface area contributed by atoms with Crippen molar-refractivity contribution in [2.24, 2.45) is 0 Å². The molecule has 0 atom stereocenters. The van der Waals surface area contributed by atoms with E-state index in [1.807, 2.05) is 6.92 Å².